The average molecular weight is 241 g/mol. The third-order valence-corrected chi connectivity index (χ3v) is 3.32. The van der Waals surface area contributed by atoms with Gasteiger partial charge in [0.25, 0.3) is 0 Å². The summed E-state index contributed by atoms with van der Waals surface area (Å²) >= 11 is 0. The predicted octanol–water partition coefficient (Wildman–Crippen LogP) is 3.43. The van der Waals surface area contributed by atoms with Gasteiger partial charge in [0.15, 0.2) is 6.17 Å². The van der Waals surface area contributed by atoms with Gasteiger partial charge >= 0.3 is 6.18 Å². The van der Waals surface area contributed by atoms with Crippen molar-refractivity contribution in [2.75, 3.05) is 0 Å². The molecule has 2 atom stereocenters. The molecule has 0 bridgehead atoms. The van der Waals surface area contributed by atoms with E-state index in [1.807, 2.05) is 6.92 Å². The molecule has 1 aliphatic rings. The van der Waals surface area contributed by atoms with Crippen LogP contribution in [0.4, 0.5) is 17.6 Å². The van der Waals surface area contributed by atoms with Crippen LogP contribution < -0.4 is 5.73 Å². The van der Waals surface area contributed by atoms with Crippen LogP contribution in [-0.2, 0) is 0 Å². The van der Waals surface area contributed by atoms with Gasteiger partial charge in [-0.15, -0.1) is 0 Å². The van der Waals surface area contributed by atoms with Gasteiger partial charge in [0.05, 0.1) is 0 Å². The molecular formula is C11H19F4N. The van der Waals surface area contributed by atoms with Crippen LogP contribution in [0.25, 0.3) is 0 Å². The largest absolute Gasteiger partial charge is 0.419 e. The van der Waals surface area contributed by atoms with E-state index in [0.717, 1.165) is 6.42 Å². The zero-order valence-corrected chi connectivity index (χ0v) is 9.43. The number of alkyl halides is 4. The predicted molar refractivity (Wildman–Crippen MR) is 54.7 cm³/mol. The van der Waals surface area contributed by atoms with Crippen molar-refractivity contribution in [1.82, 2.24) is 0 Å². The van der Waals surface area contributed by atoms with Crippen molar-refractivity contribution in [3.8, 4) is 0 Å². The third-order valence-electron chi connectivity index (χ3n) is 3.32. The summed E-state index contributed by atoms with van der Waals surface area (Å²) in [5.74, 6) is -0.471. The first-order valence-electron chi connectivity index (χ1n) is 5.77. The van der Waals surface area contributed by atoms with Crippen molar-refractivity contribution >= 4 is 0 Å². The van der Waals surface area contributed by atoms with E-state index in [9.17, 15) is 17.6 Å². The van der Waals surface area contributed by atoms with Gasteiger partial charge in [-0.25, -0.2) is 4.39 Å². The smallest absolute Gasteiger partial charge is 0.328 e. The zero-order valence-electron chi connectivity index (χ0n) is 9.43. The van der Waals surface area contributed by atoms with E-state index >= 15 is 0 Å². The van der Waals surface area contributed by atoms with Crippen molar-refractivity contribution in [3.63, 3.8) is 0 Å². The summed E-state index contributed by atoms with van der Waals surface area (Å²) in [5.41, 5.74) is 5.63. The third kappa shape index (κ3) is 3.92. The highest BCUT2D eigenvalue weighted by atomic mass is 19.4. The lowest BCUT2D eigenvalue weighted by molar-refractivity contribution is -0.197. The molecule has 0 saturated heterocycles. The Kier molecular flexibility index (Phi) is 4.59. The van der Waals surface area contributed by atoms with E-state index in [1.165, 1.54) is 0 Å². The molecule has 1 fully saturated rings. The van der Waals surface area contributed by atoms with E-state index in [1.54, 1.807) is 0 Å². The molecule has 1 nitrogen and oxygen atoms in total. The first-order valence-corrected chi connectivity index (χ1v) is 5.77. The zero-order chi connectivity index (χ0) is 12.3. The molecule has 16 heavy (non-hydrogen) atoms. The standard InChI is InChI=1S/C11H19F4N/c1-7(16)6-8-2-4-9(5-3-8)10(12)11(13,14)15/h7-10H,2-6,16H2,1H3. The molecular weight excluding hydrogens is 222 g/mol. The molecule has 2 unspecified atom stereocenters. The molecule has 96 valence electrons. The van der Waals surface area contributed by atoms with Gasteiger partial charge in [-0.1, -0.05) is 12.8 Å². The summed E-state index contributed by atoms with van der Waals surface area (Å²) in [6.45, 7) is 1.89. The molecule has 0 amide bonds. The van der Waals surface area contributed by atoms with Gasteiger partial charge in [0.2, 0.25) is 0 Å². The summed E-state index contributed by atoms with van der Waals surface area (Å²) in [6, 6.07) is 0.0744. The normalized spacial score (nSPS) is 31.1. The second-order valence-electron chi connectivity index (χ2n) is 4.94. The minimum atomic E-state index is -4.70. The van der Waals surface area contributed by atoms with Crippen molar-refractivity contribution in [2.45, 2.75) is 57.4 Å². The lowest BCUT2D eigenvalue weighted by atomic mass is 9.77. The Hall–Kier alpha value is -0.320. The van der Waals surface area contributed by atoms with Crippen molar-refractivity contribution < 1.29 is 17.6 Å². The first-order chi connectivity index (χ1) is 7.30. The summed E-state index contributed by atoms with van der Waals surface area (Å²) in [7, 11) is 0. The number of hydrogen-bond donors (Lipinski definition) is 1. The number of halogens is 4. The highest BCUT2D eigenvalue weighted by Gasteiger charge is 2.45. The van der Waals surface area contributed by atoms with E-state index in [0.29, 0.717) is 31.6 Å². The van der Waals surface area contributed by atoms with Gasteiger partial charge in [-0.2, -0.15) is 13.2 Å². The van der Waals surface area contributed by atoms with Crippen LogP contribution in [0.1, 0.15) is 39.0 Å². The number of hydrogen-bond acceptors (Lipinski definition) is 1. The maximum atomic E-state index is 13.0. The SMILES string of the molecule is CC(N)CC1CCC(C(F)C(F)(F)F)CC1. The summed E-state index contributed by atoms with van der Waals surface area (Å²) in [6.07, 6.45) is -4.51. The van der Waals surface area contributed by atoms with Crippen LogP contribution in [0.3, 0.4) is 0 Å². The Morgan fingerprint density at radius 1 is 1.19 bits per heavy atom. The van der Waals surface area contributed by atoms with E-state index in [4.69, 9.17) is 5.73 Å². The van der Waals surface area contributed by atoms with Crippen molar-refractivity contribution in [3.05, 3.63) is 0 Å². The van der Waals surface area contributed by atoms with Gasteiger partial charge in [-0.3, -0.25) is 0 Å². The van der Waals surface area contributed by atoms with Gasteiger partial charge in [-0.05, 0) is 38.0 Å². The highest BCUT2D eigenvalue weighted by molar-refractivity contribution is 4.82. The Morgan fingerprint density at radius 3 is 2.06 bits per heavy atom. The topological polar surface area (TPSA) is 26.0 Å². The quantitative estimate of drug-likeness (QED) is 0.753. The van der Waals surface area contributed by atoms with Crippen LogP contribution >= 0.6 is 0 Å². The van der Waals surface area contributed by atoms with Gasteiger partial charge in [0, 0.05) is 6.04 Å². The molecule has 0 aromatic carbocycles. The minimum absolute atomic E-state index is 0.0744. The average Bonchev–Trinajstić information content (AvgIpc) is 2.15. The fourth-order valence-electron chi connectivity index (χ4n) is 2.51. The molecule has 1 saturated carbocycles. The van der Waals surface area contributed by atoms with Gasteiger partial charge in [0.1, 0.15) is 0 Å². The van der Waals surface area contributed by atoms with Crippen molar-refractivity contribution in [1.29, 1.82) is 0 Å². The molecule has 1 rings (SSSR count). The van der Waals surface area contributed by atoms with E-state index in [-0.39, 0.29) is 6.04 Å². The van der Waals surface area contributed by atoms with E-state index < -0.39 is 18.3 Å². The summed E-state index contributed by atoms with van der Waals surface area (Å²) in [4.78, 5) is 0. The molecule has 2 N–H and O–H groups in total. The van der Waals surface area contributed by atoms with Crippen LogP contribution in [-0.4, -0.2) is 18.4 Å². The Balaban J connectivity index is 2.37. The number of rotatable bonds is 3. The maximum Gasteiger partial charge on any atom is 0.419 e. The highest BCUT2D eigenvalue weighted by Crippen LogP contribution is 2.39. The Labute approximate surface area is 93.4 Å². The maximum absolute atomic E-state index is 13.0. The first kappa shape index (κ1) is 13.7. The molecule has 5 heteroatoms. The molecule has 0 spiro atoms. The minimum Gasteiger partial charge on any atom is -0.328 e. The Morgan fingerprint density at radius 2 is 1.69 bits per heavy atom. The fourth-order valence-corrected chi connectivity index (χ4v) is 2.51. The molecule has 0 aliphatic heterocycles. The Bertz CT molecular complexity index is 207. The van der Waals surface area contributed by atoms with Crippen LogP contribution in [0.5, 0.6) is 0 Å². The molecule has 0 aromatic heterocycles. The number of nitrogens with two attached hydrogens (primary N) is 1. The van der Waals surface area contributed by atoms with Crippen LogP contribution in [0.15, 0.2) is 0 Å². The van der Waals surface area contributed by atoms with Crippen LogP contribution in [0.2, 0.25) is 0 Å². The summed E-state index contributed by atoms with van der Waals surface area (Å²) < 4.78 is 49.5. The monoisotopic (exact) mass is 241 g/mol. The molecule has 0 radical (unpaired) electrons. The van der Waals surface area contributed by atoms with Gasteiger partial charge < -0.3 is 5.73 Å². The van der Waals surface area contributed by atoms with Crippen LogP contribution in [0, 0.1) is 11.8 Å². The van der Waals surface area contributed by atoms with E-state index in [2.05, 4.69) is 0 Å². The lowest BCUT2D eigenvalue weighted by Gasteiger charge is -2.31. The fraction of sp³-hybridized carbons (Fsp3) is 1.00. The summed E-state index contributed by atoms with van der Waals surface area (Å²) in [5, 5.41) is 0. The molecule has 0 aromatic rings. The molecule has 0 heterocycles. The second-order valence-corrected chi connectivity index (χ2v) is 4.94. The second kappa shape index (κ2) is 5.34. The lowest BCUT2D eigenvalue weighted by Crippen LogP contribution is -2.35. The molecule has 1 aliphatic carbocycles. The van der Waals surface area contributed by atoms with Crippen molar-refractivity contribution in [2.24, 2.45) is 17.6 Å².